The van der Waals surface area contributed by atoms with Crippen LogP contribution >= 0.6 is 15.9 Å². The molecular weight excluding hydrogens is 434 g/mol. The van der Waals surface area contributed by atoms with Crippen LogP contribution < -0.4 is 9.47 Å². The Morgan fingerprint density at radius 1 is 1.19 bits per heavy atom. The zero-order chi connectivity index (χ0) is 19.8. The van der Waals surface area contributed by atoms with Crippen LogP contribution in [-0.4, -0.2) is 24.2 Å². The summed E-state index contributed by atoms with van der Waals surface area (Å²) in [6.45, 7) is 0. The topological polar surface area (TPSA) is 51.3 Å². The van der Waals surface area contributed by atoms with Gasteiger partial charge in [-0.25, -0.2) is 4.39 Å². The van der Waals surface area contributed by atoms with Crippen LogP contribution in [-0.2, 0) is 0 Å². The van der Waals surface area contributed by atoms with Gasteiger partial charge in [0.05, 0.1) is 7.11 Å². The first-order chi connectivity index (χ1) is 12.7. The maximum Gasteiger partial charge on any atom is 0.573 e. The Labute approximate surface area is 159 Å². The van der Waals surface area contributed by atoms with E-state index in [0.29, 0.717) is 11.1 Å². The summed E-state index contributed by atoms with van der Waals surface area (Å²) >= 11 is 3.26. The Kier molecular flexibility index (Phi) is 5.14. The van der Waals surface area contributed by atoms with Gasteiger partial charge in [-0.3, -0.25) is 4.79 Å². The van der Waals surface area contributed by atoms with Crippen LogP contribution in [0, 0.1) is 5.82 Å². The number of hydrogen-bond acceptors (Lipinski definition) is 3. The SMILES string of the molecule is COc1cc(F)ccc1C(Br)C(=O)c1c[nH]c2ccc(OC(F)(F)F)cc12. The highest BCUT2D eigenvalue weighted by atomic mass is 79.9. The largest absolute Gasteiger partial charge is 0.573 e. The summed E-state index contributed by atoms with van der Waals surface area (Å²) < 4.78 is 59.7. The molecule has 1 unspecified atom stereocenters. The first kappa shape index (κ1) is 19.2. The fourth-order valence-electron chi connectivity index (χ4n) is 2.67. The standard InChI is InChI=1S/C18H12BrF4NO3/c1-26-15-6-9(20)2-4-11(15)16(19)17(25)13-8-24-14-5-3-10(7-12(13)14)27-18(21,22)23/h2-8,16,24H,1H3. The summed E-state index contributed by atoms with van der Waals surface area (Å²) in [5.41, 5.74) is 1.02. The average Bonchev–Trinajstić information content (AvgIpc) is 3.02. The number of Topliss-reactive ketones (excluding diaryl/α,β-unsaturated/α-hetero) is 1. The molecule has 1 aromatic heterocycles. The quantitative estimate of drug-likeness (QED) is 0.319. The van der Waals surface area contributed by atoms with Crippen LogP contribution in [0.15, 0.2) is 42.6 Å². The molecule has 0 aliphatic rings. The van der Waals surface area contributed by atoms with Crippen LogP contribution in [0.25, 0.3) is 10.9 Å². The van der Waals surface area contributed by atoms with Crippen LogP contribution in [0.4, 0.5) is 17.6 Å². The van der Waals surface area contributed by atoms with Gasteiger partial charge < -0.3 is 14.5 Å². The third-order valence-corrected chi connectivity index (χ3v) is 4.76. The fourth-order valence-corrected chi connectivity index (χ4v) is 3.30. The summed E-state index contributed by atoms with van der Waals surface area (Å²) in [6, 6.07) is 7.39. The third kappa shape index (κ3) is 4.08. The van der Waals surface area contributed by atoms with Gasteiger partial charge in [0, 0.05) is 34.3 Å². The molecule has 3 rings (SSSR count). The summed E-state index contributed by atoms with van der Waals surface area (Å²) in [7, 11) is 1.34. The van der Waals surface area contributed by atoms with E-state index in [9.17, 15) is 22.4 Å². The number of fused-ring (bicyclic) bond motifs is 1. The Balaban J connectivity index is 1.99. The van der Waals surface area contributed by atoms with Crippen molar-refractivity contribution in [3.63, 3.8) is 0 Å². The van der Waals surface area contributed by atoms with Crippen LogP contribution in [0.5, 0.6) is 11.5 Å². The van der Waals surface area contributed by atoms with Crippen molar-refractivity contribution in [2.24, 2.45) is 0 Å². The minimum absolute atomic E-state index is 0.158. The predicted octanol–water partition coefficient (Wildman–Crippen LogP) is 5.53. The minimum atomic E-state index is -4.84. The summed E-state index contributed by atoms with van der Waals surface area (Å²) in [6.07, 6.45) is -3.44. The van der Waals surface area contributed by atoms with E-state index in [1.54, 1.807) is 0 Å². The molecule has 1 heterocycles. The normalized spacial score (nSPS) is 12.8. The van der Waals surface area contributed by atoms with Crippen LogP contribution in [0.2, 0.25) is 0 Å². The molecule has 0 saturated heterocycles. The molecule has 0 amide bonds. The van der Waals surface area contributed by atoms with Crippen molar-refractivity contribution in [2.75, 3.05) is 7.11 Å². The number of aromatic nitrogens is 1. The number of H-pyrrole nitrogens is 1. The molecular formula is C18H12BrF4NO3. The Bertz CT molecular complexity index is 1000. The fraction of sp³-hybridized carbons (Fsp3) is 0.167. The summed E-state index contributed by atoms with van der Waals surface area (Å²) in [5.74, 6) is -1.22. The lowest BCUT2D eigenvalue weighted by Gasteiger charge is -2.13. The van der Waals surface area contributed by atoms with Gasteiger partial charge in [-0.2, -0.15) is 0 Å². The van der Waals surface area contributed by atoms with Crippen LogP contribution in [0.1, 0.15) is 20.7 Å². The molecule has 4 nitrogen and oxygen atoms in total. The van der Waals surface area contributed by atoms with Gasteiger partial charge in [-0.05, 0) is 24.3 Å². The van der Waals surface area contributed by atoms with Crippen molar-refractivity contribution in [1.82, 2.24) is 4.98 Å². The van der Waals surface area contributed by atoms with Gasteiger partial charge in [0.25, 0.3) is 0 Å². The van der Waals surface area contributed by atoms with Crippen molar-refractivity contribution < 1.29 is 31.8 Å². The number of hydrogen-bond donors (Lipinski definition) is 1. The number of ketones is 1. The second-order valence-electron chi connectivity index (χ2n) is 5.57. The van der Waals surface area contributed by atoms with E-state index >= 15 is 0 Å². The summed E-state index contributed by atoms with van der Waals surface area (Å²) in [4.78, 5) is 14.8. The van der Waals surface area contributed by atoms with Gasteiger partial charge in [0.15, 0.2) is 5.78 Å². The monoisotopic (exact) mass is 445 g/mol. The molecule has 0 aliphatic carbocycles. The zero-order valence-corrected chi connectivity index (χ0v) is 15.3. The van der Waals surface area contributed by atoms with E-state index in [-0.39, 0.29) is 16.7 Å². The lowest BCUT2D eigenvalue weighted by molar-refractivity contribution is -0.274. The highest BCUT2D eigenvalue weighted by Gasteiger charge is 2.31. The highest BCUT2D eigenvalue weighted by Crippen LogP contribution is 2.36. The second-order valence-corrected chi connectivity index (χ2v) is 6.49. The van der Waals surface area contributed by atoms with E-state index in [4.69, 9.17) is 4.74 Å². The van der Waals surface area contributed by atoms with E-state index in [2.05, 4.69) is 25.7 Å². The lowest BCUT2D eigenvalue weighted by atomic mass is 10.0. The molecule has 9 heteroatoms. The minimum Gasteiger partial charge on any atom is -0.496 e. The van der Waals surface area contributed by atoms with Gasteiger partial charge in [0.1, 0.15) is 22.1 Å². The van der Waals surface area contributed by atoms with Crippen molar-refractivity contribution in [3.8, 4) is 11.5 Å². The van der Waals surface area contributed by atoms with Crippen molar-refractivity contribution in [3.05, 3.63) is 59.5 Å². The number of carbonyl (C=O) groups excluding carboxylic acids is 1. The number of methoxy groups -OCH3 is 1. The molecule has 27 heavy (non-hydrogen) atoms. The number of alkyl halides is 4. The molecule has 1 N–H and O–H groups in total. The molecule has 1 atom stereocenters. The van der Waals surface area contributed by atoms with Crippen molar-refractivity contribution >= 4 is 32.6 Å². The van der Waals surface area contributed by atoms with Crippen LogP contribution in [0.3, 0.4) is 0 Å². The number of carbonyl (C=O) groups is 1. The molecule has 0 aliphatic heterocycles. The van der Waals surface area contributed by atoms with E-state index in [1.807, 2.05) is 0 Å². The maximum absolute atomic E-state index is 13.4. The first-order valence-electron chi connectivity index (χ1n) is 7.58. The average molecular weight is 446 g/mol. The molecule has 3 aromatic rings. The molecule has 142 valence electrons. The van der Waals surface area contributed by atoms with Crippen molar-refractivity contribution in [2.45, 2.75) is 11.2 Å². The maximum atomic E-state index is 13.4. The van der Waals surface area contributed by atoms with Gasteiger partial charge in [0.2, 0.25) is 0 Å². The number of rotatable bonds is 5. The molecule has 0 bridgehead atoms. The van der Waals surface area contributed by atoms with E-state index in [1.165, 1.54) is 31.5 Å². The number of benzene rings is 2. The molecule has 0 spiro atoms. The molecule has 0 saturated carbocycles. The van der Waals surface area contributed by atoms with Gasteiger partial charge in [-0.1, -0.05) is 22.0 Å². The number of aromatic amines is 1. The zero-order valence-electron chi connectivity index (χ0n) is 13.7. The van der Waals surface area contributed by atoms with Gasteiger partial charge in [-0.15, -0.1) is 13.2 Å². The predicted molar refractivity (Wildman–Crippen MR) is 93.9 cm³/mol. The Hall–Kier alpha value is -2.55. The first-order valence-corrected chi connectivity index (χ1v) is 8.50. The number of nitrogens with one attached hydrogen (secondary N) is 1. The van der Waals surface area contributed by atoms with Gasteiger partial charge >= 0.3 is 6.36 Å². The van der Waals surface area contributed by atoms with E-state index < -0.39 is 28.5 Å². The number of ether oxygens (including phenoxy) is 2. The molecule has 0 radical (unpaired) electrons. The lowest BCUT2D eigenvalue weighted by Crippen LogP contribution is -2.17. The molecule has 0 fully saturated rings. The smallest absolute Gasteiger partial charge is 0.496 e. The number of halogens is 5. The van der Waals surface area contributed by atoms with E-state index in [0.717, 1.165) is 18.2 Å². The summed E-state index contributed by atoms with van der Waals surface area (Å²) in [5, 5.41) is 0.271. The highest BCUT2D eigenvalue weighted by molar-refractivity contribution is 9.09. The third-order valence-electron chi connectivity index (χ3n) is 3.85. The molecule has 2 aromatic carbocycles. The van der Waals surface area contributed by atoms with Crippen molar-refractivity contribution in [1.29, 1.82) is 0 Å². The Morgan fingerprint density at radius 3 is 2.59 bits per heavy atom. The second kappa shape index (κ2) is 7.22. The Morgan fingerprint density at radius 2 is 1.93 bits per heavy atom.